The number of benzene rings is 1. The van der Waals surface area contributed by atoms with Crippen molar-refractivity contribution in [3.63, 3.8) is 0 Å². The van der Waals surface area contributed by atoms with Crippen molar-refractivity contribution in [2.45, 2.75) is 39.0 Å². The zero-order valence-electron chi connectivity index (χ0n) is 11.6. The average molecular weight is 288 g/mol. The summed E-state index contributed by atoms with van der Waals surface area (Å²) in [5, 5.41) is 4.79. The van der Waals surface area contributed by atoms with Crippen LogP contribution in [-0.2, 0) is 17.8 Å². The first-order valence-electron chi connectivity index (χ1n) is 6.48. The van der Waals surface area contributed by atoms with E-state index >= 15 is 0 Å². The van der Waals surface area contributed by atoms with Gasteiger partial charge in [-0.15, -0.1) is 0 Å². The van der Waals surface area contributed by atoms with Crippen LogP contribution < -0.4 is 10.6 Å². The Bertz CT molecular complexity index is 446. The van der Waals surface area contributed by atoms with Crippen molar-refractivity contribution in [2.75, 3.05) is 6.54 Å². The van der Waals surface area contributed by atoms with Crippen molar-refractivity contribution in [2.24, 2.45) is 0 Å². The molecule has 1 amide bonds. The van der Waals surface area contributed by atoms with Gasteiger partial charge >= 0.3 is 6.18 Å². The van der Waals surface area contributed by atoms with Crippen molar-refractivity contribution in [3.8, 4) is 0 Å². The number of halogens is 3. The molecule has 1 atom stereocenters. The van der Waals surface area contributed by atoms with Crippen LogP contribution in [0.3, 0.4) is 0 Å². The van der Waals surface area contributed by atoms with E-state index < -0.39 is 24.7 Å². The second-order valence-corrected chi connectivity index (χ2v) is 4.56. The summed E-state index contributed by atoms with van der Waals surface area (Å²) in [6.07, 6.45) is -3.52. The summed E-state index contributed by atoms with van der Waals surface area (Å²) in [5.41, 5.74) is 2.20. The Morgan fingerprint density at radius 1 is 1.25 bits per heavy atom. The minimum atomic E-state index is -4.38. The summed E-state index contributed by atoms with van der Waals surface area (Å²) < 4.78 is 36.0. The molecule has 0 heterocycles. The van der Waals surface area contributed by atoms with Gasteiger partial charge in [-0.25, -0.2) is 0 Å². The van der Waals surface area contributed by atoms with Gasteiger partial charge < -0.3 is 10.6 Å². The van der Waals surface area contributed by atoms with E-state index in [1.165, 1.54) is 0 Å². The van der Waals surface area contributed by atoms with Crippen LogP contribution in [-0.4, -0.2) is 24.7 Å². The molecular formula is C14H19F3N2O. The van der Waals surface area contributed by atoms with Gasteiger partial charge in [0.1, 0.15) is 6.54 Å². The predicted molar refractivity (Wildman–Crippen MR) is 71.2 cm³/mol. The highest BCUT2D eigenvalue weighted by Gasteiger charge is 2.28. The Hall–Kier alpha value is -1.56. The SMILES string of the molecule is CCc1ccccc1CNC(C)C(=O)NCC(F)(F)F. The maximum Gasteiger partial charge on any atom is 0.405 e. The van der Waals surface area contributed by atoms with Gasteiger partial charge in [0.25, 0.3) is 0 Å². The molecule has 0 aromatic heterocycles. The van der Waals surface area contributed by atoms with Gasteiger partial charge in [-0.2, -0.15) is 13.2 Å². The van der Waals surface area contributed by atoms with Gasteiger partial charge in [-0.3, -0.25) is 4.79 Å². The van der Waals surface area contributed by atoms with E-state index in [2.05, 4.69) is 5.32 Å². The fourth-order valence-electron chi connectivity index (χ4n) is 1.77. The summed E-state index contributed by atoms with van der Waals surface area (Å²) in [4.78, 5) is 11.5. The van der Waals surface area contributed by atoms with Crippen molar-refractivity contribution < 1.29 is 18.0 Å². The second-order valence-electron chi connectivity index (χ2n) is 4.56. The van der Waals surface area contributed by atoms with E-state index in [4.69, 9.17) is 0 Å². The molecule has 1 rings (SSSR count). The Kier molecular flexibility index (Phi) is 6.01. The molecule has 0 bridgehead atoms. The Morgan fingerprint density at radius 2 is 1.85 bits per heavy atom. The van der Waals surface area contributed by atoms with Gasteiger partial charge in [-0.1, -0.05) is 31.2 Å². The summed E-state index contributed by atoms with van der Waals surface area (Å²) >= 11 is 0. The first kappa shape index (κ1) is 16.5. The van der Waals surface area contributed by atoms with Crippen LogP contribution in [0.25, 0.3) is 0 Å². The summed E-state index contributed by atoms with van der Waals surface area (Å²) in [7, 11) is 0. The van der Waals surface area contributed by atoms with Crippen LogP contribution in [0, 0.1) is 0 Å². The van der Waals surface area contributed by atoms with E-state index in [9.17, 15) is 18.0 Å². The quantitative estimate of drug-likeness (QED) is 0.844. The standard InChI is InChI=1S/C14H19F3N2O/c1-3-11-6-4-5-7-12(11)8-18-10(2)13(20)19-9-14(15,16)17/h4-7,10,18H,3,8-9H2,1-2H3,(H,19,20). The van der Waals surface area contributed by atoms with Crippen molar-refractivity contribution in [3.05, 3.63) is 35.4 Å². The number of hydrogen-bond donors (Lipinski definition) is 2. The number of carbonyl (C=O) groups excluding carboxylic acids is 1. The molecule has 0 aliphatic heterocycles. The minimum Gasteiger partial charge on any atom is -0.346 e. The van der Waals surface area contributed by atoms with E-state index in [-0.39, 0.29) is 0 Å². The maximum absolute atomic E-state index is 12.0. The lowest BCUT2D eigenvalue weighted by atomic mass is 10.1. The molecule has 0 saturated heterocycles. The smallest absolute Gasteiger partial charge is 0.346 e. The summed E-state index contributed by atoms with van der Waals surface area (Å²) in [5.74, 6) is -0.656. The van der Waals surface area contributed by atoms with Gasteiger partial charge in [0.15, 0.2) is 0 Å². The van der Waals surface area contributed by atoms with E-state index in [1.807, 2.05) is 36.5 Å². The molecule has 0 aliphatic carbocycles. The number of rotatable bonds is 6. The number of nitrogens with one attached hydrogen (secondary N) is 2. The third-order valence-corrected chi connectivity index (χ3v) is 2.95. The Morgan fingerprint density at radius 3 is 2.40 bits per heavy atom. The van der Waals surface area contributed by atoms with Crippen LogP contribution in [0.2, 0.25) is 0 Å². The molecule has 20 heavy (non-hydrogen) atoms. The Labute approximate surface area is 116 Å². The van der Waals surface area contributed by atoms with E-state index in [0.29, 0.717) is 6.54 Å². The van der Waals surface area contributed by atoms with Gasteiger partial charge in [0.05, 0.1) is 6.04 Å². The van der Waals surface area contributed by atoms with E-state index in [1.54, 1.807) is 6.92 Å². The predicted octanol–water partition coefficient (Wildman–Crippen LogP) is 2.41. The first-order valence-corrected chi connectivity index (χ1v) is 6.48. The number of hydrogen-bond acceptors (Lipinski definition) is 2. The van der Waals surface area contributed by atoms with Crippen LogP contribution in [0.1, 0.15) is 25.0 Å². The van der Waals surface area contributed by atoms with Crippen molar-refractivity contribution in [1.29, 1.82) is 0 Å². The molecule has 0 aliphatic rings. The molecule has 1 aromatic rings. The molecule has 2 N–H and O–H groups in total. The molecule has 0 spiro atoms. The lowest BCUT2D eigenvalue weighted by molar-refractivity contribution is -0.139. The van der Waals surface area contributed by atoms with Crippen LogP contribution in [0.5, 0.6) is 0 Å². The topological polar surface area (TPSA) is 41.1 Å². The molecule has 1 aromatic carbocycles. The monoisotopic (exact) mass is 288 g/mol. The largest absolute Gasteiger partial charge is 0.405 e. The molecule has 6 heteroatoms. The van der Waals surface area contributed by atoms with Gasteiger partial charge in [0, 0.05) is 6.54 Å². The van der Waals surface area contributed by atoms with Crippen molar-refractivity contribution in [1.82, 2.24) is 10.6 Å². The zero-order valence-corrected chi connectivity index (χ0v) is 11.6. The van der Waals surface area contributed by atoms with Gasteiger partial charge in [-0.05, 0) is 24.5 Å². The molecule has 0 saturated carbocycles. The van der Waals surface area contributed by atoms with Gasteiger partial charge in [0.2, 0.25) is 5.91 Å². The van der Waals surface area contributed by atoms with Crippen LogP contribution in [0.15, 0.2) is 24.3 Å². The average Bonchev–Trinajstić information content (AvgIpc) is 2.41. The highest BCUT2D eigenvalue weighted by atomic mass is 19.4. The molecular weight excluding hydrogens is 269 g/mol. The number of carbonyl (C=O) groups is 1. The normalized spacial score (nSPS) is 13.1. The molecule has 1 unspecified atom stereocenters. The Balaban J connectivity index is 2.46. The van der Waals surface area contributed by atoms with Crippen molar-refractivity contribution >= 4 is 5.91 Å². The highest BCUT2D eigenvalue weighted by Crippen LogP contribution is 2.12. The zero-order chi connectivity index (χ0) is 15.2. The van der Waals surface area contributed by atoms with Crippen LogP contribution in [0.4, 0.5) is 13.2 Å². The lowest BCUT2D eigenvalue weighted by Crippen LogP contribution is -2.45. The number of amides is 1. The summed E-state index contributed by atoms with van der Waals surface area (Å²) in [6.45, 7) is 2.71. The highest BCUT2D eigenvalue weighted by molar-refractivity contribution is 5.81. The molecule has 3 nitrogen and oxygen atoms in total. The second kappa shape index (κ2) is 7.28. The molecule has 112 valence electrons. The molecule has 0 fully saturated rings. The van der Waals surface area contributed by atoms with E-state index in [0.717, 1.165) is 17.5 Å². The number of aryl methyl sites for hydroxylation is 1. The fourth-order valence-corrected chi connectivity index (χ4v) is 1.77. The third-order valence-electron chi connectivity index (χ3n) is 2.95. The lowest BCUT2D eigenvalue weighted by Gasteiger charge is -2.16. The van der Waals surface area contributed by atoms with Crippen LogP contribution >= 0.6 is 0 Å². The number of alkyl halides is 3. The summed E-state index contributed by atoms with van der Waals surface area (Å²) in [6, 6.07) is 7.08. The third kappa shape index (κ3) is 5.61. The first-order chi connectivity index (χ1) is 9.33. The molecule has 0 radical (unpaired) electrons. The maximum atomic E-state index is 12.0. The fraction of sp³-hybridized carbons (Fsp3) is 0.500. The minimum absolute atomic E-state index is 0.449.